The molecule has 0 radical (unpaired) electrons. The Morgan fingerprint density at radius 3 is 2.75 bits per heavy atom. The van der Waals surface area contributed by atoms with Crippen LogP contribution in [0, 0.1) is 11.8 Å². The van der Waals surface area contributed by atoms with E-state index in [1.807, 2.05) is 6.92 Å². The van der Waals surface area contributed by atoms with Gasteiger partial charge in [-0.3, -0.25) is 4.79 Å². The Bertz CT molecular complexity index is 447. The number of nitrogens with one attached hydrogen (secondary N) is 2. The molecule has 114 valence electrons. The predicted octanol–water partition coefficient (Wildman–Crippen LogP) is 2.34. The lowest BCUT2D eigenvalue weighted by molar-refractivity contribution is -0.126. The molecule has 4 nitrogen and oxygen atoms in total. The van der Waals surface area contributed by atoms with E-state index >= 15 is 0 Å². The van der Waals surface area contributed by atoms with Gasteiger partial charge in [-0.2, -0.15) is 0 Å². The normalized spacial score (nSPS) is 19.2. The van der Waals surface area contributed by atoms with Crippen molar-refractivity contribution >= 4 is 42.1 Å². The van der Waals surface area contributed by atoms with Crippen molar-refractivity contribution in [1.29, 1.82) is 0 Å². The third kappa shape index (κ3) is 4.07. The molecule has 2 heterocycles. The number of halogens is 2. The highest BCUT2D eigenvalue weighted by Gasteiger charge is 2.29. The second kappa shape index (κ2) is 7.59. The Labute approximate surface area is 135 Å². The number of amides is 1. The van der Waals surface area contributed by atoms with Gasteiger partial charge in [0.15, 0.2) is 0 Å². The second-order valence-electron chi connectivity index (χ2n) is 5.37. The van der Waals surface area contributed by atoms with Crippen LogP contribution < -0.4 is 10.6 Å². The van der Waals surface area contributed by atoms with E-state index in [0.717, 1.165) is 18.1 Å². The summed E-state index contributed by atoms with van der Waals surface area (Å²) in [7, 11) is 0. The highest BCUT2D eigenvalue weighted by Crippen LogP contribution is 2.40. The zero-order chi connectivity index (χ0) is 12.5. The quantitative estimate of drug-likeness (QED) is 0.866. The van der Waals surface area contributed by atoms with E-state index in [1.165, 1.54) is 18.5 Å². The largest absolute Gasteiger partial charge is 0.349 e. The van der Waals surface area contributed by atoms with Gasteiger partial charge in [0.1, 0.15) is 5.01 Å². The van der Waals surface area contributed by atoms with Gasteiger partial charge in [0, 0.05) is 17.2 Å². The summed E-state index contributed by atoms with van der Waals surface area (Å²) >= 11 is 1.66. The lowest BCUT2D eigenvalue weighted by Crippen LogP contribution is -2.49. The molecule has 0 aromatic carbocycles. The number of thiazole rings is 1. The number of carbonyl (C=O) groups is 1. The lowest BCUT2D eigenvalue weighted by atomic mass is 9.88. The van der Waals surface area contributed by atoms with Gasteiger partial charge < -0.3 is 10.6 Å². The molecule has 20 heavy (non-hydrogen) atoms. The average molecular weight is 338 g/mol. The van der Waals surface area contributed by atoms with E-state index in [4.69, 9.17) is 0 Å². The van der Waals surface area contributed by atoms with E-state index < -0.39 is 0 Å². The summed E-state index contributed by atoms with van der Waals surface area (Å²) < 4.78 is 0. The zero-order valence-corrected chi connectivity index (χ0v) is 13.9. The fraction of sp³-hybridized carbons (Fsp3) is 0.692. The van der Waals surface area contributed by atoms with Crippen molar-refractivity contribution in [3.63, 3.8) is 0 Å². The molecule has 0 spiro atoms. The summed E-state index contributed by atoms with van der Waals surface area (Å²) in [5, 5.41) is 9.37. The standard InChI is InChI=1S/C13H19N3OS.2ClH/c1-8(10-4-14-5-10)13(17)15-6-12-16-11(7-18-12)9-2-3-9;;/h7-10,14H,2-6H2,1H3,(H,15,17);2*1H. The molecular formula is C13H21Cl2N3OS. The molecule has 1 unspecified atom stereocenters. The van der Waals surface area contributed by atoms with Crippen LogP contribution in [0.3, 0.4) is 0 Å². The first kappa shape index (κ1) is 17.7. The number of aromatic nitrogens is 1. The highest BCUT2D eigenvalue weighted by atomic mass is 35.5. The molecule has 2 aliphatic rings. The molecule has 1 aliphatic carbocycles. The molecule has 2 N–H and O–H groups in total. The van der Waals surface area contributed by atoms with E-state index in [-0.39, 0.29) is 36.6 Å². The molecule has 0 bridgehead atoms. The Hall–Kier alpha value is -0.360. The van der Waals surface area contributed by atoms with Gasteiger partial charge >= 0.3 is 0 Å². The van der Waals surface area contributed by atoms with Crippen LogP contribution in [0.1, 0.15) is 36.4 Å². The molecule has 3 rings (SSSR count). The highest BCUT2D eigenvalue weighted by molar-refractivity contribution is 7.09. The first-order valence-electron chi connectivity index (χ1n) is 6.67. The molecule has 1 aromatic heterocycles. The Morgan fingerprint density at radius 2 is 2.20 bits per heavy atom. The number of hydrogen-bond acceptors (Lipinski definition) is 4. The Morgan fingerprint density at radius 1 is 1.50 bits per heavy atom. The molecule has 2 fully saturated rings. The molecular weight excluding hydrogens is 317 g/mol. The first-order valence-corrected chi connectivity index (χ1v) is 7.54. The van der Waals surface area contributed by atoms with Crippen LogP contribution in [-0.2, 0) is 11.3 Å². The fourth-order valence-corrected chi connectivity index (χ4v) is 2.99. The van der Waals surface area contributed by atoms with Crippen molar-refractivity contribution in [2.45, 2.75) is 32.2 Å². The Kier molecular flexibility index (Phi) is 6.72. The lowest BCUT2D eigenvalue weighted by Gasteiger charge is -2.31. The van der Waals surface area contributed by atoms with Crippen LogP contribution in [0.25, 0.3) is 0 Å². The molecule has 1 saturated carbocycles. The number of carbonyl (C=O) groups excluding carboxylic acids is 1. The van der Waals surface area contributed by atoms with Gasteiger partial charge in [0.05, 0.1) is 12.2 Å². The average Bonchev–Trinajstić information content (AvgIpc) is 3.04. The van der Waals surface area contributed by atoms with E-state index in [9.17, 15) is 4.79 Å². The van der Waals surface area contributed by atoms with Crippen molar-refractivity contribution < 1.29 is 4.79 Å². The maximum atomic E-state index is 11.9. The minimum Gasteiger partial charge on any atom is -0.349 e. The van der Waals surface area contributed by atoms with Crippen LogP contribution in [0.15, 0.2) is 5.38 Å². The van der Waals surface area contributed by atoms with Crippen molar-refractivity contribution in [2.75, 3.05) is 13.1 Å². The monoisotopic (exact) mass is 337 g/mol. The van der Waals surface area contributed by atoms with E-state index in [0.29, 0.717) is 18.4 Å². The molecule has 1 atom stereocenters. The molecule has 7 heteroatoms. The third-order valence-corrected chi connectivity index (χ3v) is 4.78. The summed E-state index contributed by atoms with van der Waals surface area (Å²) in [5.41, 5.74) is 1.22. The summed E-state index contributed by atoms with van der Waals surface area (Å²) in [6.45, 7) is 4.54. The summed E-state index contributed by atoms with van der Waals surface area (Å²) in [5.74, 6) is 1.47. The third-order valence-electron chi connectivity index (χ3n) is 3.91. The summed E-state index contributed by atoms with van der Waals surface area (Å²) in [6, 6.07) is 0. The van der Waals surface area contributed by atoms with Gasteiger partial charge in [-0.1, -0.05) is 6.92 Å². The minimum absolute atomic E-state index is 0. The van der Waals surface area contributed by atoms with Gasteiger partial charge in [-0.25, -0.2) is 4.98 Å². The minimum atomic E-state index is 0. The topological polar surface area (TPSA) is 54.0 Å². The van der Waals surface area contributed by atoms with Gasteiger partial charge in [-0.15, -0.1) is 36.2 Å². The smallest absolute Gasteiger partial charge is 0.223 e. The van der Waals surface area contributed by atoms with Gasteiger partial charge in [0.25, 0.3) is 0 Å². The molecule has 1 amide bonds. The zero-order valence-electron chi connectivity index (χ0n) is 11.4. The molecule has 1 aliphatic heterocycles. The Balaban J connectivity index is 0.000001000. The molecule has 1 saturated heterocycles. The van der Waals surface area contributed by atoms with E-state index in [1.54, 1.807) is 11.3 Å². The number of nitrogens with zero attached hydrogens (tertiary/aromatic N) is 1. The van der Waals surface area contributed by atoms with Crippen molar-refractivity contribution in [3.05, 3.63) is 16.1 Å². The second-order valence-corrected chi connectivity index (χ2v) is 6.31. The molecule has 1 aromatic rings. The van der Waals surface area contributed by atoms with E-state index in [2.05, 4.69) is 21.0 Å². The van der Waals surface area contributed by atoms with Crippen LogP contribution in [-0.4, -0.2) is 24.0 Å². The van der Waals surface area contributed by atoms with Crippen molar-refractivity contribution in [1.82, 2.24) is 15.6 Å². The van der Waals surface area contributed by atoms with Crippen LogP contribution in [0.4, 0.5) is 0 Å². The van der Waals surface area contributed by atoms with Gasteiger partial charge in [-0.05, 0) is 31.8 Å². The number of hydrogen-bond donors (Lipinski definition) is 2. The fourth-order valence-electron chi connectivity index (χ4n) is 2.18. The SMILES string of the molecule is CC(C(=O)NCc1nc(C2CC2)cs1)C1CNC1.Cl.Cl. The van der Waals surface area contributed by atoms with Crippen molar-refractivity contribution in [2.24, 2.45) is 11.8 Å². The summed E-state index contributed by atoms with van der Waals surface area (Å²) in [6.07, 6.45) is 2.56. The number of rotatable bonds is 5. The first-order chi connectivity index (χ1) is 8.74. The van der Waals surface area contributed by atoms with Gasteiger partial charge in [0.2, 0.25) is 5.91 Å². The van der Waals surface area contributed by atoms with Crippen LogP contribution in [0.2, 0.25) is 0 Å². The summed E-state index contributed by atoms with van der Waals surface area (Å²) in [4.78, 5) is 16.5. The van der Waals surface area contributed by atoms with Crippen molar-refractivity contribution in [3.8, 4) is 0 Å². The maximum absolute atomic E-state index is 11.9. The van der Waals surface area contributed by atoms with Crippen LogP contribution in [0.5, 0.6) is 0 Å². The predicted molar refractivity (Wildman–Crippen MR) is 86.0 cm³/mol. The maximum Gasteiger partial charge on any atom is 0.223 e. The van der Waals surface area contributed by atoms with Crippen LogP contribution >= 0.6 is 36.2 Å².